The predicted octanol–water partition coefficient (Wildman–Crippen LogP) is 2.96. The van der Waals surface area contributed by atoms with E-state index in [1.165, 1.54) is 4.88 Å². The van der Waals surface area contributed by atoms with Crippen LogP contribution in [-0.2, 0) is 13.1 Å². The Labute approximate surface area is 130 Å². The number of nitrogens with one attached hydrogen (secondary N) is 1. The molecule has 1 unspecified atom stereocenters. The zero-order valence-corrected chi connectivity index (χ0v) is 13.4. The zero-order chi connectivity index (χ0) is 15.1. The topological polar surface area (TPSA) is 48.4 Å². The molecule has 0 amide bonds. The first-order valence-electron chi connectivity index (χ1n) is 7.27. The van der Waals surface area contributed by atoms with E-state index in [4.69, 9.17) is 0 Å². The van der Waals surface area contributed by atoms with Crippen LogP contribution in [0.25, 0.3) is 0 Å². The van der Waals surface area contributed by atoms with Gasteiger partial charge in [0.15, 0.2) is 0 Å². The largest absolute Gasteiger partial charge is 0.395 e. The Balaban J connectivity index is 2.18. The fraction of sp³-hybridized carbons (Fsp3) is 0.438. The minimum Gasteiger partial charge on any atom is -0.395 e. The zero-order valence-electron chi connectivity index (χ0n) is 12.6. The first kappa shape index (κ1) is 15.9. The van der Waals surface area contributed by atoms with Gasteiger partial charge in [0.1, 0.15) is 5.82 Å². The Morgan fingerprint density at radius 1 is 1.33 bits per heavy atom. The first-order valence-corrected chi connectivity index (χ1v) is 8.15. The molecule has 0 aromatic carbocycles. The lowest BCUT2D eigenvalue weighted by molar-refractivity contribution is 0.108. The summed E-state index contributed by atoms with van der Waals surface area (Å²) in [5.41, 5.74) is 1.16. The van der Waals surface area contributed by atoms with Crippen LogP contribution in [0.3, 0.4) is 0 Å². The highest BCUT2D eigenvalue weighted by molar-refractivity contribution is 7.09. The van der Waals surface area contributed by atoms with Crippen LogP contribution in [0.5, 0.6) is 0 Å². The van der Waals surface area contributed by atoms with Crippen LogP contribution in [0.4, 0.5) is 5.82 Å². The van der Waals surface area contributed by atoms with Crippen molar-refractivity contribution in [2.45, 2.75) is 32.5 Å². The van der Waals surface area contributed by atoms with Crippen LogP contribution in [-0.4, -0.2) is 34.7 Å². The van der Waals surface area contributed by atoms with Gasteiger partial charge in [0, 0.05) is 42.8 Å². The van der Waals surface area contributed by atoms with Gasteiger partial charge < -0.3 is 10.4 Å². The molecular weight excluding hydrogens is 282 g/mol. The average Bonchev–Trinajstić information content (AvgIpc) is 3.02. The van der Waals surface area contributed by atoms with Gasteiger partial charge in [0.25, 0.3) is 0 Å². The van der Waals surface area contributed by atoms with E-state index in [1.807, 2.05) is 13.1 Å². The van der Waals surface area contributed by atoms with Gasteiger partial charge in [-0.05, 0) is 23.9 Å². The van der Waals surface area contributed by atoms with Crippen LogP contribution in [0.2, 0.25) is 0 Å². The molecule has 0 saturated carbocycles. The van der Waals surface area contributed by atoms with E-state index in [-0.39, 0.29) is 12.6 Å². The van der Waals surface area contributed by atoms with Gasteiger partial charge in [-0.25, -0.2) is 4.98 Å². The average molecular weight is 305 g/mol. The van der Waals surface area contributed by atoms with Gasteiger partial charge in [-0.15, -0.1) is 11.3 Å². The highest BCUT2D eigenvalue weighted by Crippen LogP contribution is 2.20. The molecule has 2 aromatic rings. The lowest BCUT2D eigenvalue weighted by Gasteiger charge is -2.30. The molecule has 2 rings (SSSR count). The smallest absolute Gasteiger partial charge is 0.130 e. The number of nitrogens with zero attached hydrogens (tertiary/aromatic N) is 2. The molecule has 0 saturated heterocycles. The number of aliphatic hydroxyl groups excluding tert-OH is 1. The number of hydrogen-bond acceptors (Lipinski definition) is 5. The molecule has 114 valence electrons. The maximum absolute atomic E-state index is 9.66. The van der Waals surface area contributed by atoms with Crippen LogP contribution in [0.1, 0.15) is 23.8 Å². The number of thiophene rings is 1. The minimum atomic E-state index is 0.164. The molecule has 0 radical (unpaired) electrons. The second-order valence-electron chi connectivity index (χ2n) is 4.99. The second kappa shape index (κ2) is 8.12. The van der Waals surface area contributed by atoms with Crippen molar-refractivity contribution in [3.05, 3.63) is 46.3 Å². The molecule has 1 atom stereocenters. The van der Waals surface area contributed by atoms with Gasteiger partial charge in [-0.1, -0.05) is 19.1 Å². The Morgan fingerprint density at radius 3 is 2.81 bits per heavy atom. The van der Waals surface area contributed by atoms with Gasteiger partial charge >= 0.3 is 0 Å². The van der Waals surface area contributed by atoms with E-state index in [0.717, 1.165) is 30.9 Å². The first-order chi connectivity index (χ1) is 10.3. The van der Waals surface area contributed by atoms with E-state index in [0.29, 0.717) is 0 Å². The fourth-order valence-electron chi connectivity index (χ4n) is 2.43. The van der Waals surface area contributed by atoms with Crippen LogP contribution >= 0.6 is 11.3 Å². The fourth-order valence-corrected chi connectivity index (χ4v) is 3.16. The van der Waals surface area contributed by atoms with Crippen molar-refractivity contribution in [3.8, 4) is 0 Å². The number of rotatable bonds is 8. The highest BCUT2D eigenvalue weighted by Gasteiger charge is 2.18. The van der Waals surface area contributed by atoms with Crippen LogP contribution in [0.15, 0.2) is 35.8 Å². The summed E-state index contributed by atoms with van der Waals surface area (Å²) in [5.74, 6) is 0.904. The van der Waals surface area contributed by atoms with Crippen molar-refractivity contribution in [3.63, 3.8) is 0 Å². The third kappa shape index (κ3) is 4.27. The Bertz CT molecular complexity index is 526. The highest BCUT2D eigenvalue weighted by atomic mass is 32.1. The minimum absolute atomic E-state index is 0.164. The van der Waals surface area contributed by atoms with Crippen molar-refractivity contribution in [1.29, 1.82) is 0 Å². The lowest BCUT2D eigenvalue weighted by Crippen LogP contribution is -2.36. The summed E-state index contributed by atoms with van der Waals surface area (Å²) in [6.45, 7) is 3.93. The lowest BCUT2D eigenvalue weighted by atomic mass is 10.1. The van der Waals surface area contributed by atoms with E-state index >= 15 is 0 Å². The summed E-state index contributed by atoms with van der Waals surface area (Å²) < 4.78 is 0. The molecule has 0 aliphatic carbocycles. The van der Waals surface area contributed by atoms with Gasteiger partial charge in [0.2, 0.25) is 0 Å². The maximum Gasteiger partial charge on any atom is 0.130 e. The molecule has 0 fully saturated rings. The molecule has 0 bridgehead atoms. The molecule has 4 nitrogen and oxygen atoms in total. The maximum atomic E-state index is 9.66. The molecule has 0 aliphatic rings. The molecule has 0 aliphatic heterocycles. The van der Waals surface area contributed by atoms with Gasteiger partial charge in [-0.3, -0.25) is 4.90 Å². The van der Waals surface area contributed by atoms with E-state index in [1.54, 1.807) is 17.5 Å². The third-order valence-electron chi connectivity index (χ3n) is 3.64. The second-order valence-corrected chi connectivity index (χ2v) is 6.02. The quantitative estimate of drug-likeness (QED) is 0.787. The number of aliphatic hydroxyl groups is 1. The Hall–Kier alpha value is -1.43. The molecular formula is C16H23N3OS. The summed E-state index contributed by atoms with van der Waals surface area (Å²) in [7, 11) is 1.89. The van der Waals surface area contributed by atoms with E-state index < -0.39 is 0 Å². The van der Waals surface area contributed by atoms with Crippen molar-refractivity contribution in [2.24, 2.45) is 0 Å². The van der Waals surface area contributed by atoms with Crippen molar-refractivity contribution >= 4 is 17.2 Å². The molecule has 21 heavy (non-hydrogen) atoms. The molecule has 0 spiro atoms. The Kier molecular flexibility index (Phi) is 6.17. The standard InChI is InChI=1S/C16H23N3OS/c1-3-14(12-20)19(11-15-7-5-9-21-15)10-13-6-4-8-18-16(13)17-2/h4-9,14,20H,3,10-12H2,1-2H3,(H,17,18). The Morgan fingerprint density at radius 2 is 2.19 bits per heavy atom. The SMILES string of the molecule is CCC(CO)N(Cc1cccs1)Cc1cccnc1NC. The van der Waals surface area contributed by atoms with Gasteiger partial charge in [-0.2, -0.15) is 0 Å². The van der Waals surface area contributed by atoms with Gasteiger partial charge in [0.05, 0.1) is 6.61 Å². The summed E-state index contributed by atoms with van der Waals surface area (Å²) in [4.78, 5) is 8.00. The molecule has 2 aromatic heterocycles. The number of hydrogen-bond donors (Lipinski definition) is 2. The number of aromatic nitrogens is 1. The van der Waals surface area contributed by atoms with Crippen LogP contribution < -0.4 is 5.32 Å². The normalized spacial score (nSPS) is 12.6. The monoisotopic (exact) mass is 305 g/mol. The molecule has 5 heteroatoms. The molecule has 2 N–H and O–H groups in total. The van der Waals surface area contributed by atoms with Crippen molar-refractivity contribution < 1.29 is 5.11 Å². The number of anilines is 1. The summed E-state index contributed by atoms with van der Waals surface area (Å²) >= 11 is 1.76. The predicted molar refractivity (Wildman–Crippen MR) is 88.5 cm³/mol. The number of pyridine rings is 1. The van der Waals surface area contributed by atoms with Crippen LogP contribution in [0, 0.1) is 0 Å². The van der Waals surface area contributed by atoms with E-state index in [2.05, 4.69) is 45.7 Å². The van der Waals surface area contributed by atoms with Crippen molar-refractivity contribution in [1.82, 2.24) is 9.88 Å². The van der Waals surface area contributed by atoms with Crippen molar-refractivity contribution in [2.75, 3.05) is 19.0 Å². The molecule has 2 heterocycles. The third-order valence-corrected chi connectivity index (χ3v) is 4.50. The van der Waals surface area contributed by atoms with E-state index in [9.17, 15) is 5.11 Å². The summed E-state index contributed by atoms with van der Waals surface area (Å²) in [5, 5.41) is 14.9. The summed E-state index contributed by atoms with van der Waals surface area (Å²) in [6, 6.07) is 8.42. The summed E-state index contributed by atoms with van der Waals surface area (Å²) in [6.07, 6.45) is 2.72.